The molecule has 0 saturated heterocycles. The molecule has 2 rings (SSSR count). The van der Waals surface area contributed by atoms with E-state index in [0.717, 1.165) is 17.0 Å². The number of amides is 1. The summed E-state index contributed by atoms with van der Waals surface area (Å²) in [4.78, 5) is 11.9. The molecule has 1 atom stereocenters. The summed E-state index contributed by atoms with van der Waals surface area (Å²) in [7, 11) is 1.52. The second-order valence-corrected chi connectivity index (χ2v) is 5.57. The fourth-order valence-corrected chi connectivity index (χ4v) is 2.46. The Bertz CT molecular complexity index is 652. The molecular weight excluding hydrogens is 292 g/mol. The molecule has 6 nitrogen and oxygen atoms in total. The van der Waals surface area contributed by atoms with Crippen molar-refractivity contribution < 1.29 is 9.53 Å². The number of ether oxygens (including phenoxy) is 1. The number of carbonyl (C=O) groups is 1. The Hall–Kier alpha value is -2.18. The first-order valence-electron chi connectivity index (χ1n) is 7.62. The van der Waals surface area contributed by atoms with Gasteiger partial charge in [-0.3, -0.25) is 9.48 Å². The van der Waals surface area contributed by atoms with E-state index in [4.69, 9.17) is 10.5 Å². The van der Waals surface area contributed by atoms with Gasteiger partial charge in [0.2, 0.25) is 5.91 Å². The molecule has 0 aliphatic carbocycles. The average Bonchev–Trinajstić information content (AvgIpc) is 2.80. The largest absolute Gasteiger partial charge is 0.383 e. The summed E-state index contributed by atoms with van der Waals surface area (Å²) in [6.07, 6.45) is 0. The molecule has 1 amide bonds. The molecule has 0 aliphatic rings. The number of carbonyl (C=O) groups excluding carboxylic acids is 1. The number of benzene rings is 1. The molecular formula is C17H24N4O2. The van der Waals surface area contributed by atoms with Crippen LogP contribution < -0.4 is 11.1 Å². The number of rotatable bonds is 7. The minimum Gasteiger partial charge on any atom is -0.383 e. The first kappa shape index (κ1) is 17.2. The van der Waals surface area contributed by atoms with E-state index < -0.39 is 6.04 Å². The van der Waals surface area contributed by atoms with Crippen molar-refractivity contribution in [3.8, 4) is 0 Å². The van der Waals surface area contributed by atoms with Gasteiger partial charge in [0.15, 0.2) is 0 Å². The molecule has 1 heterocycles. The minimum absolute atomic E-state index is 0.205. The Morgan fingerprint density at radius 1 is 1.35 bits per heavy atom. The lowest BCUT2D eigenvalue weighted by Gasteiger charge is -2.11. The van der Waals surface area contributed by atoms with Gasteiger partial charge >= 0.3 is 0 Å². The lowest BCUT2D eigenvalue weighted by molar-refractivity contribution is -0.123. The van der Waals surface area contributed by atoms with Crippen LogP contribution in [0.5, 0.6) is 0 Å². The SMILES string of the molecule is COCC(N)C(=O)NCc1c(C)nn(Cc2ccccc2)c1C. The highest BCUT2D eigenvalue weighted by molar-refractivity contribution is 5.81. The van der Waals surface area contributed by atoms with E-state index in [-0.39, 0.29) is 12.5 Å². The summed E-state index contributed by atoms with van der Waals surface area (Å²) in [5.74, 6) is -0.221. The monoisotopic (exact) mass is 316 g/mol. The van der Waals surface area contributed by atoms with Gasteiger partial charge in [0.1, 0.15) is 6.04 Å². The summed E-state index contributed by atoms with van der Waals surface area (Å²) in [5.41, 5.74) is 9.90. The zero-order valence-electron chi connectivity index (χ0n) is 13.9. The van der Waals surface area contributed by atoms with Gasteiger partial charge in [-0.25, -0.2) is 0 Å². The molecule has 1 aromatic heterocycles. The van der Waals surface area contributed by atoms with Gasteiger partial charge in [-0.1, -0.05) is 30.3 Å². The lowest BCUT2D eigenvalue weighted by Crippen LogP contribution is -2.43. The number of methoxy groups -OCH3 is 1. The van der Waals surface area contributed by atoms with Crippen LogP contribution in [0.3, 0.4) is 0 Å². The van der Waals surface area contributed by atoms with Crippen molar-refractivity contribution in [2.45, 2.75) is 33.0 Å². The van der Waals surface area contributed by atoms with Crippen LogP contribution in [0.2, 0.25) is 0 Å². The molecule has 1 unspecified atom stereocenters. The zero-order chi connectivity index (χ0) is 16.8. The Balaban J connectivity index is 2.04. The summed E-state index contributed by atoms with van der Waals surface area (Å²) in [5, 5.41) is 7.42. The van der Waals surface area contributed by atoms with E-state index in [2.05, 4.69) is 22.5 Å². The zero-order valence-corrected chi connectivity index (χ0v) is 13.9. The second kappa shape index (κ2) is 7.89. The van der Waals surface area contributed by atoms with Crippen LogP contribution in [-0.4, -0.2) is 35.4 Å². The van der Waals surface area contributed by atoms with Gasteiger partial charge < -0.3 is 15.8 Å². The first-order chi connectivity index (χ1) is 11.0. The van der Waals surface area contributed by atoms with E-state index in [1.54, 1.807) is 0 Å². The molecule has 23 heavy (non-hydrogen) atoms. The molecule has 3 N–H and O–H groups in total. The Labute approximate surface area is 136 Å². The van der Waals surface area contributed by atoms with Crippen LogP contribution in [0.1, 0.15) is 22.5 Å². The number of hydrogen-bond donors (Lipinski definition) is 2. The Morgan fingerprint density at radius 3 is 2.70 bits per heavy atom. The van der Waals surface area contributed by atoms with Crippen LogP contribution in [0.15, 0.2) is 30.3 Å². The van der Waals surface area contributed by atoms with Crippen LogP contribution in [-0.2, 0) is 22.6 Å². The van der Waals surface area contributed by atoms with Gasteiger partial charge in [0.05, 0.1) is 18.8 Å². The van der Waals surface area contributed by atoms with Gasteiger partial charge in [-0.15, -0.1) is 0 Å². The molecule has 1 aromatic carbocycles. The number of nitrogens with zero attached hydrogens (tertiary/aromatic N) is 2. The van der Waals surface area contributed by atoms with Gasteiger partial charge in [-0.2, -0.15) is 5.10 Å². The second-order valence-electron chi connectivity index (χ2n) is 5.57. The Kier molecular flexibility index (Phi) is 5.90. The molecule has 0 radical (unpaired) electrons. The minimum atomic E-state index is -0.653. The van der Waals surface area contributed by atoms with Gasteiger partial charge in [-0.05, 0) is 19.4 Å². The standard InChI is InChI=1S/C17H24N4O2/c1-12-15(9-19-17(22)16(18)11-23-3)13(2)21(20-12)10-14-7-5-4-6-8-14/h4-8,16H,9-11,18H2,1-3H3,(H,19,22). The molecule has 124 valence electrons. The van der Waals surface area contributed by atoms with E-state index in [1.165, 1.54) is 12.7 Å². The average molecular weight is 316 g/mol. The van der Waals surface area contributed by atoms with E-state index in [1.807, 2.05) is 36.7 Å². The van der Waals surface area contributed by atoms with Crippen molar-refractivity contribution >= 4 is 5.91 Å². The van der Waals surface area contributed by atoms with Crippen molar-refractivity contribution in [1.29, 1.82) is 0 Å². The van der Waals surface area contributed by atoms with Crippen LogP contribution >= 0.6 is 0 Å². The number of nitrogens with two attached hydrogens (primary N) is 1. The lowest BCUT2D eigenvalue weighted by atomic mass is 10.2. The quantitative estimate of drug-likeness (QED) is 0.802. The maximum absolute atomic E-state index is 11.9. The van der Waals surface area contributed by atoms with Gasteiger partial charge in [0.25, 0.3) is 0 Å². The normalized spacial score (nSPS) is 12.2. The van der Waals surface area contributed by atoms with E-state index in [0.29, 0.717) is 13.1 Å². The smallest absolute Gasteiger partial charge is 0.239 e. The number of hydrogen-bond acceptors (Lipinski definition) is 4. The van der Waals surface area contributed by atoms with E-state index >= 15 is 0 Å². The van der Waals surface area contributed by atoms with E-state index in [9.17, 15) is 4.79 Å². The maximum Gasteiger partial charge on any atom is 0.239 e. The molecule has 0 fully saturated rings. The number of aryl methyl sites for hydroxylation is 1. The predicted molar refractivity (Wildman–Crippen MR) is 88.9 cm³/mol. The third-order valence-electron chi connectivity index (χ3n) is 3.83. The first-order valence-corrected chi connectivity index (χ1v) is 7.62. The predicted octanol–water partition coefficient (Wildman–Crippen LogP) is 1.14. The maximum atomic E-state index is 11.9. The topological polar surface area (TPSA) is 82.2 Å². The summed E-state index contributed by atoms with van der Waals surface area (Å²) in [6, 6.07) is 9.51. The number of aromatic nitrogens is 2. The van der Waals surface area contributed by atoms with Crippen molar-refractivity contribution in [1.82, 2.24) is 15.1 Å². The fraction of sp³-hybridized carbons (Fsp3) is 0.412. The number of nitrogens with one attached hydrogen (secondary N) is 1. The summed E-state index contributed by atoms with van der Waals surface area (Å²) < 4.78 is 6.85. The molecule has 0 saturated carbocycles. The molecule has 0 spiro atoms. The van der Waals surface area contributed by atoms with Crippen molar-refractivity contribution in [2.24, 2.45) is 5.73 Å². The summed E-state index contributed by atoms with van der Waals surface area (Å²) >= 11 is 0. The third-order valence-corrected chi connectivity index (χ3v) is 3.83. The van der Waals surface area contributed by atoms with Crippen LogP contribution in [0, 0.1) is 13.8 Å². The van der Waals surface area contributed by atoms with Gasteiger partial charge in [0, 0.05) is 24.9 Å². The van der Waals surface area contributed by atoms with Crippen molar-refractivity contribution in [3.63, 3.8) is 0 Å². The molecule has 0 aliphatic heterocycles. The fourth-order valence-electron chi connectivity index (χ4n) is 2.46. The molecule has 2 aromatic rings. The highest BCUT2D eigenvalue weighted by Gasteiger charge is 2.16. The highest BCUT2D eigenvalue weighted by atomic mass is 16.5. The van der Waals surface area contributed by atoms with Crippen LogP contribution in [0.25, 0.3) is 0 Å². The summed E-state index contributed by atoms with van der Waals surface area (Å²) in [6.45, 7) is 5.30. The van der Waals surface area contributed by atoms with Crippen LogP contribution in [0.4, 0.5) is 0 Å². The highest BCUT2D eigenvalue weighted by Crippen LogP contribution is 2.14. The Morgan fingerprint density at radius 2 is 2.04 bits per heavy atom. The van der Waals surface area contributed by atoms with Crippen molar-refractivity contribution in [3.05, 3.63) is 52.8 Å². The third kappa shape index (κ3) is 4.40. The molecule has 6 heteroatoms. The van der Waals surface area contributed by atoms with Crippen molar-refractivity contribution in [2.75, 3.05) is 13.7 Å². The molecule has 0 bridgehead atoms.